The molecule has 0 bridgehead atoms. The third-order valence-electron chi connectivity index (χ3n) is 3.26. The summed E-state index contributed by atoms with van der Waals surface area (Å²) in [5.41, 5.74) is 0. The number of hydrogen-bond donors (Lipinski definition) is 0. The third-order valence-corrected chi connectivity index (χ3v) is 6.03. The van der Waals surface area contributed by atoms with E-state index < -0.39 is 32.4 Å². The first kappa shape index (κ1) is 20.8. The highest BCUT2D eigenvalue weighted by Crippen LogP contribution is 2.13. The molecule has 128 valence electrons. The van der Waals surface area contributed by atoms with Crippen molar-refractivity contribution in [2.24, 2.45) is 11.8 Å². The summed E-state index contributed by atoms with van der Waals surface area (Å²) in [6.07, 6.45) is -0.895. The van der Waals surface area contributed by atoms with E-state index in [1.54, 1.807) is 13.8 Å². The van der Waals surface area contributed by atoms with Crippen molar-refractivity contribution in [3.05, 3.63) is 0 Å². The van der Waals surface area contributed by atoms with E-state index in [1.165, 1.54) is 0 Å². The highest BCUT2D eigenvalue weighted by molar-refractivity contribution is 7.87. The first-order valence-electron chi connectivity index (χ1n) is 7.18. The van der Waals surface area contributed by atoms with E-state index in [4.69, 9.17) is 8.37 Å². The average Bonchev–Trinajstić information content (AvgIpc) is 2.26. The quantitative estimate of drug-likeness (QED) is 0.564. The molecular formula is C13H28O6S2. The van der Waals surface area contributed by atoms with E-state index in [2.05, 4.69) is 0 Å². The van der Waals surface area contributed by atoms with Crippen LogP contribution in [0.1, 0.15) is 48.0 Å². The van der Waals surface area contributed by atoms with Gasteiger partial charge in [-0.05, 0) is 32.1 Å². The first-order chi connectivity index (χ1) is 9.36. The zero-order valence-corrected chi connectivity index (χ0v) is 15.3. The Kier molecular flexibility index (Phi) is 8.38. The van der Waals surface area contributed by atoms with Crippen molar-refractivity contribution in [3.63, 3.8) is 0 Å². The largest absolute Gasteiger partial charge is 0.267 e. The van der Waals surface area contributed by atoms with Crippen LogP contribution in [-0.4, -0.2) is 40.5 Å². The molecular weight excluding hydrogens is 316 g/mol. The van der Waals surface area contributed by atoms with Crippen LogP contribution in [0.3, 0.4) is 0 Å². The lowest BCUT2D eigenvalue weighted by Gasteiger charge is -2.17. The average molecular weight is 344 g/mol. The van der Waals surface area contributed by atoms with Crippen molar-refractivity contribution in [1.29, 1.82) is 0 Å². The summed E-state index contributed by atoms with van der Waals surface area (Å²) < 4.78 is 56.8. The van der Waals surface area contributed by atoms with Gasteiger partial charge < -0.3 is 0 Å². The molecule has 21 heavy (non-hydrogen) atoms. The van der Waals surface area contributed by atoms with Gasteiger partial charge in [-0.3, -0.25) is 8.37 Å². The fourth-order valence-electron chi connectivity index (χ4n) is 1.19. The van der Waals surface area contributed by atoms with Gasteiger partial charge in [0, 0.05) is 0 Å². The minimum Gasteiger partial charge on any atom is -0.267 e. The Morgan fingerprint density at radius 3 is 1.19 bits per heavy atom. The van der Waals surface area contributed by atoms with Gasteiger partial charge in [-0.25, -0.2) is 0 Å². The molecule has 0 spiro atoms. The lowest BCUT2D eigenvalue weighted by molar-refractivity contribution is 0.176. The molecule has 0 radical (unpaired) electrons. The second-order valence-corrected chi connectivity index (χ2v) is 9.40. The van der Waals surface area contributed by atoms with Crippen molar-refractivity contribution in [2.45, 2.75) is 60.2 Å². The molecule has 0 aliphatic rings. The fraction of sp³-hybridized carbons (Fsp3) is 1.00. The van der Waals surface area contributed by atoms with Gasteiger partial charge in [0.05, 0.1) is 23.7 Å². The lowest BCUT2D eigenvalue weighted by Crippen LogP contribution is -2.25. The summed E-state index contributed by atoms with van der Waals surface area (Å²) in [5.74, 6) is -0.525. The highest BCUT2D eigenvalue weighted by atomic mass is 32.2. The molecule has 0 aliphatic heterocycles. The van der Waals surface area contributed by atoms with Crippen molar-refractivity contribution in [2.75, 3.05) is 11.5 Å². The van der Waals surface area contributed by atoms with Crippen LogP contribution in [-0.2, 0) is 28.6 Å². The molecule has 2 unspecified atom stereocenters. The summed E-state index contributed by atoms with van der Waals surface area (Å²) in [5, 5.41) is 0. The van der Waals surface area contributed by atoms with Gasteiger partial charge in [0.15, 0.2) is 0 Å². The number of rotatable bonds is 10. The summed E-state index contributed by atoms with van der Waals surface area (Å²) in [4.78, 5) is 0. The molecule has 0 fully saturated rings. The molecule has 0 heterocycles. The van der Waals surface area contributed by atoms with Crippen LogP contribution in [0.5, 0.6) is 0 Å². The summed E-state index contributed by atoms with van der Waals surface area (Å²) in [6, 6.07) is 0. The molecule has 0 amide bonds. The molecule has 0 aromatic heterocycles. The second-order valence-electron chi connectivity index (χ2n) is 5.97. The lowest BCUT2D eigenvalue weighted by atomic mass is 10.1. The van der Waals surface area contributed by atoms with E-state index in [-0.39, 0.29) is 29.8 Å². The Balaban J connectivity index is 4.36. The Labute approximate surface area is 129 Å². The molecule has 6 nitrogen and oxygen atoms in total. The zero-order chi connectivity index (χ0) is 16.8. The maximum Gasteiger partial charge on any atom is 0.267 e. The monoisotopic (exact) mass is 344 g/mol. The Morgan fingerprint density at radius 1 is 0.667 bits per heavy atom. The van der Waals surface area contributed by atoms with Gasteiger partial charge in [0.25, 0.3) is 20.2 Å². The maximum atomic E-state index is 11.7. The molecule has 0 rings (SSSR count). The van der Waals surface area contributed by atoms with Gasteiger partial charge in [0.2, 0.25) is 0 Å². The first-order valence-corrected chi connectivity index (χ1v) is 10.3. The van der Waals surface area contributed by atoms with Crippen molar-refractivity contribution in [1.82, 2.24) is 0 Å². The smallest absolute Gasteiger partial charge is 0.267 e. The van der Waals surface area contributed by atoms with Gasteiger partial charge >= 0.3 is 0 Å². The highest BCUT2D eigenvalue weighted by Gasteiger charge is 2.22. The van der Waals surface area contributed by atoms with E-state index in [9.17, 15) is 16.8 Å². The molecule has 8 heteroatoms. The summed E-state index contributed by atoms with van der Waals surface area (Å²) in [6.45, 7) is 10.8. The van der Waals surface area contributed by atoms with Crippen LogP contribution in [0.25, 0.3) is 0 Å². The molecule has 2 atom stereocenters. The SMILES string of the molecule is CC(C)C(C)OS(=O)(=O)CCCS(=O)(=O)OC(C)C(C)C. The normalized spacial score (nSPS) is 16.4. The summed E-state index contributed by atoms with van der Waals surface area (Å²) >= 11 is 0. The van der Waals surface area contributed by atoms with E-state index in [1.807, 2.05) is 27.7 Å². The predicted molar refractivity (Wildman–Crippen MR) is 83.0 cm³/mol. The molecule has 0 aliphatic carbocycles. The topological polar surface area (TPSA) is 86.7 Å². The van der Waals surface area contributed by atoms with Crippen LogP contribution in [0.4, 0.5) is 0 Å². The zero-order valence-electron chi connectivity index (χ0n) is 13.7. The maximum absolute atomic E-state index is 11.7. The second kappa shape index (κ2) is 8.45. The Morgan fingerprint density at radius 2 is 0.952 bits per heavy atom. The molecule has 0 N–H and O–H groups in total. The molecule has 0 saturated carbocycles. The van der Waals surface area contributed by atoms with Gasteiger partial charge in [0.1, 0.15) is 0 Å². The Hall–Kier alpha value is -0.180. The van der Waals surface area contributed by atoms with Crippen molar-refractivity contribution in [3.8, 4) is 0 Å². The number of hydrogen-bond acceptors (Lipinski definition) is 6. The predicted octanol–water partition coefficient (Wildman–Crippen LogP) is 2.16. The van der Waals surface area contributed by atoms with E-state index in [0.717, 1.165) is 0 Å². The van der Waals surface area contributed by atoms with E-state index >= 15 is 0 Å². The molecule has 0 aromatic carbocycles. The standard InChI is InChI=1S/C13H28O6S2/c1-10(2)12(5)18-20(14,15)8-7-9-21(16,17)19-13(6)11(3)4/h10-13H,7-9H2,1-6H3. The summed E-state index contributed by atoms with van der Waals surface area (Å²) in [7, 11) is -7.43. The fourth-order valence-corrected chi connectivity index (χ4v) is 3.93. The third kappa shape index (κ3) is 9.44. The van der Waals surface area contributed by atoms with Crippen molar-refractivity contribution >= 4 is 20.2 Å². The van der Waals surface area contributed by atoms with Crippen LogP contribution < -0.4 is 0 Å². The van der Waals surface area contributed by atoms with Gasteiger partial charge in [-0.2, -0.15) is 16.8 Å². The van der Waals surface area contributed by atoms with Crippen LogP contribution in [0.2, 0.25) is 0 Å². The van der Waals surface area contributed by atoms with Gasteiger partial charge in [-0.1, -0.05) is 27.7 Å². The Bertz CT molecular complexity index is 447. The minimum atomic E-state index is -3.71. The molecule has 0 saturated heterocycles. The van der Waals surface area contributed by atoms with Crippen LogP contribution in [0, 0.1) is 11.8 Å². The van der Waals surface area contributed by atoms with Crippen LogP contribution >= 0.6 is 0 Å². The minimum absolute atomic E-state index is 0.0414. The van der Waals surface area contributed by atoms with Gasteiger partial charge in [-0.15, -0.1) is 0 Å². The molecule has 0 aromatic rings. The van der Waals surface area contributed by atoms with E-state index in [0.29, 0.717) is 0 Å². The van der Waals surface area contributed by atoms with Crippen LogP contribution in [0.15, 0.2) is 0 Å². The van der Waals surface area contributed by atoms with Crippen molar-refractivity contribution < 1.29 is 25.2 Å².